The predicted octanol–water partition coefficient (Wildman–Crippen LogP) is 3.79. The Morgan fingerprint density at radius 3 is 2.59 bits per heavy atom. The summed E-state index contributed by atoms with van der Waals surface area (Å²) in [5, 5.41) is 3.61. The minimum atomic E-state index is -3.91. The van der Waals surface area contributed by atoms with Gasteiger partial charge in [-0.05, 0) is 35.9 Å². The van der Waals surface area contributed by atoms with Crippen molar-refractivity contribution in [2.24, 2.45) is 0 Å². The van der Waals surface area contributed by atoms with Gasteiger partial charge in [0.05, 0.1) is 11.4 Å². The number of carbonyl (C=O) groups is 1. The van der Waals surface area contributed by atoms with Gasteiger partial charge in [-0.1, -0.05) is 29.8 Å². The molecule has 29 heavy (non-hydrogen) atoms. The number of hydrogen-bond acceptors (Lipinski definition) is 5. The molecule has 152 valence electrons. The van der Waals surface area contributed by atoms with Crippen molar-refractivity contribution in [2.45, 2.75) is 11.3 Å². The second kappa shape index (κ2) is 9.00. The molecule has 0 atom stereocenters. The van der Waals surface area contributed by atoms with E-state index < -0.39 is 28.3 Å². The average molecular weight is 454 g/mol. The predicted molar refractivity (Wildman–Crippen MR) is 111 cm³/mol. The Labute approximate surface area is 177 Å². The van der Waals surface area contributed by atoms with Crippen LogP contribution < -0.4 is 5.32 Å². The number of hydrogen-bond donors (Lipinski definition) is 1. The molecule has 10 heteroatoms. The molecule has 0 fully saturated rings. The van der Waals surface area contributed by atoms with E-state index in [9.17, 15) is 17.6 Å². The lowest BCUT2D eigenvalue weighted by molar-refractivity contribution is -0.116. The normalized spacial score (nSPS) is 11.6. The quantitative estimate of drug-likeness (QED) is 0.590. The van der Waals surface area contributed by atoms with Crippen LogP contribution in [0, 0.1) is 5.82 Å². The molecule has 0 aliphatic rings. The molecule has 0 aliphatic carbocycles. The third-order valence-corrected chi connectivity index (χ3v) is 7.11. The van der Waals surface area contributed by atoms with Crippen molar-refractivity contribution < 1.29 is 17.6 Å². The molecule has 6 nitrogen and oxygen atoms in total. The number of anilines is 1. The number of sulfonamides is 1. The molecule has 1 heterocycles. The van der Waals surface area contributed by atoms with Crippen LogP contribution in [0.25, 0.3) is 0 Å². The van der Waals surface area contributed by atoms with Crippen molar-refractivity contribution in [3.05, 3.63) is 76.0 Å². The van der Waals surface area contributed by atoms with E-state index >= 15 is 0 Å². The van der Waals surface area contributed by atoms with Gasteiger partial charge in [0.2, 0.25) is 15.9 Å². The smallest absolute Gasteiger partial charge is 0.243 e. The van der Waals surface area contributed by atoms with Crippen LogP contribution in [0.2, 0.25) is 5.02 Å². The average Bonchev–Trinajstić information content (AvgIpc) is 3.10. The maximum absolute atomic E-state index is 13.0. The van der Waals surface area contributed by atoms with Gasteiger partial charge in [0.1, 0.15) is 5.82 Å². The van der Waals surface area contributed by atoms with Gasteiger partial charge in [0, 0.05) is 29.6 Å². The fraction of sp³-hybridized carbons (Fsp3) is 0.158. The molecule has 0 radical (unpaired) electrons. The Bertz CT molecular complexity index is 1120. The Morgan fingerprint density at radius 1 is 1.21 bits per heavy atom. The van der Waals surface area contributed by atoms with Gasteiger partial charge in [0.25, 0.3) is 0 Å². The zero-order valence-corrected chi connectivity index (χ0v) is 17.7. The van der Waals surface area contributed by atoms with Crippen molar-refractivity contribution in [3.8, 4) is 0 Å². The van der Waals surface area contributed by atoms with Crippen LogP contribution in [0.4, 0.5) is 9.52 Å². The lowest BCUT2D eigenvalue weighted by Crippen LogP contribution is -2.34. The standard InChI is InChI=1S/C19H17ClFN3O3S2/c1-24(29(26,27)16-8-6-14(21)7-9-16)12-18(25)23-19-22-11-15(28-19)10-13-4-2-3-5-17(13)20/h2-9,11H,10,12H2,1H3,(H,22,23,25). The highest BCUT2D eigenvalue weighted by molar-refractivity contribution is 7.89. The van der Waals surface area contributed by atoms with Gasteiger partial charge in [-0.2, -0.15) is 4.31 Å². The van der Waals surface area contributed by atoms with Crippen LogP contribution in [-0.2, 0) is 21.2 Å². The van der Waals surface area contributed by atoms with Crippen LogP contribution in [0.5, 0.6) is 0 Å². The minimum absolute atomic E-state index is 0.0922. The van der Waals surface area contributed by atoms with E-state index in [1.165, 1.54) is 18.4 Å². The fourth-order valence-electron chi connectivity index (χ4n) is 2.51. The minimum Gasteiger partial charge on any atom is -0.301 e. The molecule has 2 aromatic carbocycles. The van der Waals surface area contributed by atoms with Crippen molar-refractivity contribution in [3.63, 3.8) is 0 Å². The molecule has 0 saturated heterocycles. The number of carbonyl (C=O) groups excluding carboxylic acids is 1. The van der Waals surface area contributed by atoms with Gasteiger partial charge in [0.15, 0.2) is 5.13 Å². The summed E-state index contributed by atoms with van der Waals surface area (Å²) in [6.07, 6.45) is 2.22. The van der Waals surface area contributed by atoms with E-state index in [1.807, 2.05) is 18.2 Å². The number of amides is 1. The van der Waals surface area contributed by atoms with Gasteiger partial charge in [-0.15, -0.1) is 11.3 Å². The van der Waals surface area contributed by atoms with Crippen LogP contribution >= 0.6 is 22.9 Å². The van der Waals surface area contributed by atoms with Crippen molar-refractivity contribution >= 4 is 44.0 Å². The summed E-state index contributed by atoms with van der Waals surface area (Å²) in [7, 11) is -2.63. The van der Waals surface area contributed by atoms with Crippen LogP contribution in [0.15, 0.2) is 59.6 Å². The molecule has 1 aromatic heterocycles. The third kappa shape index (κ3) is 5.39. The summed E-state index contributed by atoms with van der Waals surface area (Å²) < 4.78 is 38.8. The Morgan fingerprint density at radius 2 is 1.90 bits per heavy atom. The van der Waals surface area contributed by atoms with Crippen LogP contribution in [0.1, 0.15) is 10.4 Å². The maximum Gasteiger partial charge on any atom is 0.243 e. The Balaban J connectivity index is 1.61. The second-order valence-electron chi connectivity index (χ2n) is 6.16. The number of aromatic nitrogens is 1. The monoisotopic (exact) mass is 453 g/mol. The summed E-state index contributed by atoms with van der Waals surface area (Å²) in [6.45, 7) is -0.404. The number of rotatable bonds is 7. The first-order chi connectivity index (χ1) is 13.8. The van der Waals surface area contributed by atoms with Gasteiger partial charge in [-0.25, -0.2) is 17.8 Å². The van der Waals surface area contributed by atoms with Crippen molar-refractivity contribution in [2.75, 3.05) is 18.9 Å². The van der Waals surface area contributed by atoms with E-state index in [1.54, 1.807) is 12.3 Å². The fourth-order valence-corrected chi connectivity index (χ4v) is 4.69. The molecule has 0 bridgehead atoms. The van der Waals surface area contributed by atoms with E-state index in [0.717, 1.165) is 39.0 Å². The highest BCUT2D eigenvalue weighted by atomic mass is 35.5. The SMILES string of the molecule is CN(CC(=O)Nc1ncc(Cc2ccccc2Cl)s1)S(=O)(=O)c1ccc(F)cc1. The zero-order chi connectivity index (χ0) is 21.0. The second-order valence-corrected chi connectivity index (χ2v) is 9.73. The topological polar surface area (TPSA) is 79.4 Å². The van der Waals surface area contributed by atoms with E-state index in [0.29, 0.717) is 16.6 Å². The molecule has 0 spiro atoms. The Hall–Kier alpha value is -2.33. The molecule has 0 unspecified atom stereocenters. The van der Waals surface area contributed by atoms with E-state index in [4.69, 9.17) is 11.6 Å². The number of nitrogens with zero attached hydrogens (tertiary/aromatic N) is 2. The molecule has 3 aromatic rings. The summed E-state index contributed by atoms with van der Waals surface area (Å²) in [4.78, 5) is 17.2. The highest BCUT2D eigenvalue weighted by Gasteiger charge is 2.23. The first-order valence-electron chi connectivity index (χ1n) is 8.45. The zero-order valence-electron chi connectivity index (χ0n) is 15.3. The number of likely N-dealkylation sites (N-methyl/N-ethyl adjacent to an activating group) is 1. The summed E-state index contributed by atoms with van der Waals surface area (Å²) in [6, 6.07) is 11.9. The molecule has 3 rings (SSSR count). The number of benzene rings is 2. The first-order valence-corrected chi connectivity index (χ1v) is 11.1. The lowest BCUT2D eigenvalue weighted by Gasteiger charge is -2.16. The third-order valence-electron chi connectivity index (χ3n) is 4.01. The largest absolute Gasteiger partial charge is 0.301 e. The molecular formula is C19H17ClFN3O3S2. The summed E-state index contributed by atoms with van der Waals surface area (Å²) in [5.74, 6) is -1.07. The van der Waals surface area contributed by atoms with E-state index in [-0.39, 0.29) is 4.90 Å². The van der Waals surface area contributed by atoms with Crippen molar-refractivity contribution in [1.82, 2.24) is 9.29 Å². The highest BCUT2D eigenvalue weighted by Crippen LogP contribution is 2.24. The molecule has 1 N–H and O–H groups in total. The van der Waals surface area contributed by atoms with Gasteiger partial charge in [-0.3, -0.25) is 4.79 Å². The number of halogens is 2. The number of nitrogens with one attached hydrogen (secondary N) is 1. The van der Waals surface area contributed by atoms with Crippen LogP contribution in [-0.4, -0.2) is 37.2 Å². The summed E-state index contributed by atoms with van der Waals surface area (Å²) >= 11 is 7.44. The number of thiazole rings is 1. The van der Waals surface area contributed by atoms with Crippen molar-refractivity contribution in [1.29, 1.82) is 0 Å². The van der Waals surface area contributed by atoms with Crippen LogP contribution in [0.3, 0.4) is 0 Å². The van der Waals surface area contributed by atoms with Gasteiger partial charge < -0.3 is 5.32 Å². The summed E-state index contributed by atoms with van der Waals surface area (Å²) in [5.41, 5.74) is 0.945. The molecule has 0 saturated carbocycles. The Kier molecular flexibility index (Phi) is 6.63. The molecule has 1 amide bonds. The maximum atomic E-state index is 13.0. The lowest BCUT2D eigenvalue weighted by atomic mass is 10.1. The first kappa shape index (κ1) is 21.4. The van der Waals surface area contributed by atoms with Gasteiger partial charge >= 0.3 is 0 Å². The van der Waals surface area contributed by atoms with E-state index in [2.05, 4.69) is 10.3 Å². The molecule has 0 aliphatic heterocycles. The molecular weight excluding hydrogens is 437 g/mol.